The van der Waals surface area contributed by atoms with E-state index in [0.717, 1.165) is 0 Å². The van der Waals surface area contributed by atoms with Crippen molar-refractivity contribution in [3.63, 3.8) is 0 Å². The Balaban J connectivity index is 2.51. The van der Waals surface area contributed by atoms with Gasteiger partial charge in [0.05, 0.1) is 11.9 Å². The van der Waals surface area contributed by atoms with Crippen LogP contribution >= 0.6 is 0 Å². The second kappa shape index (κ2) is 6.38. The highest BCUT2D eigenvalue weighted by Crippen LogP contribution is 2.04. The van der Waals surface area contributed by atoms with Crippen molar-refractivity contribution in [3.05, 3.63) is 12.4 Å². The fraction of sp³-hybridized carbons (Fsp3) is 0.400. The number of aliphatic carboxylic acids is 1. The summed E-state index contributed by atoms with van der Waals surface area (Å²) in [6, 6.07) is -1.87. The zero-order chi connectivity index (χ0) is 14.4. The van der Waals surface area contributed by atoms with E-state index in [1.54, 1.807) is 13.2 Å². The van der Waals surface area contributed by atoms with Crippen molar-refractivity contribution >= 4 is 23.6 Å². The lowest BCUT2D eigenvalue weighted by atomic mass is 10.1. The lowest BCUT2D eigenvalue weighted by Crippen LogP contribution is -2.43. The summed E-state index contributed by atoms with van der Waals surface area (Å²) >= 11 is 0. The summed E-state index contributed by atoms with van der Waals surface area (Å²) in [5, 5.41) is 17.4. The molecule has 104 valence electrons. The van der Waals surface area contributed by atoms with Crippen molar-refractivity contribution in [2.24, 2.45) is 12.8 Å². The molecule has 1 aromatic rings. The molecule has 0 unspecified atom stereocenters. The molecule has 9 nitrogen and oxygen atoms in total. The summed E-state index contributed by atoms with van der Waals surface area (Å²) < 4.78 is 1.48. The number of hydrogen-bond donors (Lipinski definition) is 4. The second-order valence-corrected chi connectivity index (χ2v) is 3.90. The molecule has 5 N–H and O–H groups in total. The van der Waals surface area contributed by atoms with Crippen molar-refractivity contribution in [2.75, 3.05) is 5.32 Å². The maximum Gasteiger partial charge on any atom is 0.326 e. The Kier molecular flexibility index (Phi) is 4.86. The number of carbonyl (C=O) groups excluding carboxylic acids is 2. The maximum absolute atomic E-state index is 11.5. The van der Waals surface area contributed by atoms with Crippen molar-refractivity contribution < 1.29 is 19.5 Å². The third-order valence-corrected chi connectivity index (χ3v) is 2.25. The first-order valence-corrected chi connectivity index (χ1v) is 5.45. The molecule has 0 saturated carbocycles. The van der Waals surface area contributed by atoms with Gasteiger partial charge in [-0.25, -0.2) is 9.59 Å². The van der Waals surface area contributed by atoms with Crippen LogP contribution in [0.15, 0.2) is 12.4 Å². The van der Waals surface area contributed by atoms with Gasteiger partial charge in [-0.1, -0.05) is 0 Å². The van der Waals surface area contributed by atoms with Crippen LogP contribution in [-0.4, -0.2) is 38.8 Å². The van der Waals surface area contributed by atoms with Gasteiger partial charge in [-0.05, 0) is 6.42 Å². The van der Waals surface area contributed by atoms with Crippen LogP contribution in [0.4, 0.5) is 10.5 Å². The summed E-state index contributed by atoms with van der Waals surface area (Å²) in [6.45, 7) is 0. The number of urea groups is 1. The van der Waals surface area contributed by atoms with Crippen molar-refractivity contribution in [2.45, 2.75) is 18.9 Å². The van der Waals surface area contributed by atoms with Crippen LogP contribution in [0.5, 0.6) is 0 Å². The number of nitrogens with one attached hydrogen (secondary N) is 2. The summed E-state index contributed by atoms with van der Waals surface area (Å²) in [6.07, 6.45) is 2.78. The molecule has 19 heavy (non-hydrogen) atoms. The third-order valence-electron chi connectivity index (χ3n) is 2.25. The maximum atomic E-state index is 11.5. The molecule has 0 saturated heterocycles. The Hall–Kier alpha value is -2.58. The van der Waals surface area contributed by atoms with Crippen LogP contribution in [0.25, 0.3) is 0 Å². The van der Waals surface area contributed by atoms with Crippen LogP contribution in [0, 0.1) is 0 Å². The number of hydrogen-bond acceptors (Lipinski definition) is 4. The Morgan fingerprint density at radius 3 is 2.68 bits per heavy atom. The smallest absolute Gasteiger partial charge is 0.326 e. The van der Waals surface area contributed by atoms with Crippen LogP contribution in [-0.2, 0) is 16.6 Å². The first-order valence-electron chi connectivity index (χ1n) is 5.45. The molecule has 0 aromatic carbocycles. The van der Waals surface area contributed by atoms with Crippen molar-refractivity contribution in [1.82, 2.24) is 15.1 Å². The second-order valence-electron chi connectivity index (χ2n) is 3.90. The zero-order valence-electron chi connectivity index (χ0n) is 10.3. The molecule has 9 heteroatoms. The van der Waals surface area contributed by atoms with E-state index in [2.05, 4.69) is 15.7 Å². The number of amides is 3. The highest BCUT2D eigenvalue weighted by molar-refractivity contribution is 5.92. The predicted molar refractivity (Wildman–Crippen MR) is 65.2 cm³/mol. The molecule has 0 radical (unpaired) electrons. The van der Waals surface area contributed by atoms with E-state index >= 15 is 0 Å². The number of aromatic nitrogens is 2. The van der Waals surface area contributed by atoms with Gasteiger partial charge in [0.1, 0.15) is 6.04 Å². The van der Waals surface area contributed by atoms with Crippen LogP contribution in [0.1, 0.15) is 12.8 Å². The Morgan fingerprint density at radius 2 is 2.21 bits per heavy atom. The molecule has 1 aromatic heterocycles. The van der Waals surface area contributed by atoms with E-state index in [4.69, 9.17) is 10.8 Å². The molecule has 1 rings (SSSR count). The van der Waals surface area contributed by atoms with Crippen molar-refractivity contribution in [1.29, 1.82) is 0 Å². The molecular weight excluding hydrogens is 254 g/mol. The van der Waals surface area contributed by atoms with E-state index in [1.165, 1.54) is 10.9 Å². The highest BCUT2D eigenvalue weighted by atomic mass is 16.4. The molecular formula is C10H15N5O4. The van der Waals surface area contributed by atoms with Gasteiger partial charge in [0.15, 0.2) is 0 Å². The molecule has 1 heterocycles. The van der Waals surface area contributed by atoms with Crippen molar-refractivity contribution in [3.8, 4) is 0 Å². The van der Waals surface area contributed by atoms with Gasteiger partial charge >= 0.3 is 12.0 Å². The lowest BCUT2D eigenvalue weighted by Gasteiger charge is -2.13. The predicted octanol–water partition coefficient (Wildman–Crippen LogP) is -0.740. The number of rotatable bonds is 6. The first-order chi connectivity index (χ1) is 8.88. The van der Waals surface area contributed by atoms with Gasteiger partial charge in [0.2, 0.25) is 5.91 Å². The minimum Gasteiger partial charge on any atom is -0.480 e. The van der Waals surface area contributed by atoms with Gasteiger partial charge in [-0.15, -0.1) is 0 Å². The molecule has 1 atom stereocenters. The average Bonchev–Trinajstić information content (AvgIpc) is 2.69. The largest absolute Gasteiger partial charge is 0.480 e. The number of carboxylic acids is 1. The standard InChI is InChI=1S/C10H15N5O4/c1-15-5-6(4-12-15)13-10(19)14-7(9(17)18)2-3-8(11)16/h4-5,7H,2-3H2,1H3,(H2,11,16)(H,17,18)(H2,13,14,19)/t7-/m0/s1. The molecule has 0 bridgehead atoms. The van der Waals surface area contributed by atoms with Gasteiger partial charge < -0.3 is 21.5 Å². The fourth-order valence-corrected chi connectivity index (χ4v) is 1.36. The average molecular weight is 269 g/mol. The summed E-state index contributed by atoms with van der Waals surface area (Å²) in [5.74, 6) is -1.86. The zero-order valence-corrected chi connectivity index (χ0v) is 10.3. The van der Waals surface area contributed by atoms with Gasteiger partial charge in [-0.3, -0.25) is 9.48 Å². The van der Waals surface area contributed by atoms with Gasteiger partial charge in [0, 0.05) is 19.7 Å². The topological polar surface area (TPSA) is 139 Å². The Labute approximate surface area is 108 Å². The SMILES string of the molecule is Cn1cc(NC(=O)N[C@@H](CCC(N)=O)C(=O)O)cn1. The third kappa shape index (κ3) is 5.06. The van der Waals surface area contributed by atoms with E-state index in [9.17, 15) is 14.4 Å². The van der Waals surface area contributed by atoms with E-state index in [0.29, 0.717) is 5.69 Å². The number of nitrogens with two attached hydrogens (primary N) is 1. The van der Waals surface area contributed by atoms with Gasteiger partial charge in [-0.2, -0.15) is 5.10 Å². The van der Waals surface area contributed by atoms with E-state index < -0.39 is 23.9 Å². The van der Waals surface area contributed by atoms with E-state index in [-0.39, 0.29) is 12.8 Å². The van der Waals surface area contributed by atoms with Crippen LogP contribution < -0.4 is 16.4 Å². The molecule has 0 aliphatic carbocycles. The van der Waals surface area contributed by atoms with Crippen LogP contribution in [0.2, 0.25) is 0 Å². The fourth-order valence-electron chi connectivity index (χ4n) is 1.36. The van der Waals surface area contributed by atoms with Gasteiger partial charge in [0.25, 0.3) is 0 Å². The minimum atomic E-state index is -1.23. The van der Waals surface area contributed by atoms with E-state index in [1.807, 2.05) is 0 Å². The Bertz CT molecular complexity index is 484. The number of anilines is 1. The first kappa shape index (κ1) is 14.5. The lowest BCUT2D eigenvalue weighted by molar-refractivity contribution is -0.139. The molecule has 3 amide bonds. The quantitative estimate of drug-likeness (QED) is 0.538. The molecule has 0 fully saturated rings. The number of carbonyl (C=O) groups is 3. The summed E-state index contributed by atoms with van der Waals surface area (Å²) in [4.78, 5) is 33.0. The molecule has 0 aliphatic heterocycles. The number of carboxylic acid groups (broad SMARTS) is 1. The monoisotopic (exact) mass is 269 g/mol. The molecule has 0 spiro atoms. The number of primary amides is 1. The van der Waals surface area contributed by atoms with Crippen LogP contribution in [0.3, 0.4) is 0 Å². The minimum absolute atomic E-state index is 0.0644. The Morgan fingerprint density at radius 1 is 1.53 bits per heavy atom. The highest BCUT2D eigenvalue weighted by Gasteiger charge is 2.20. The number of nitrogens with zero attached hydrogens (tertiary/aromatic N) is 2. The summed E-state index contributed by atoms with van der Waals surface area (Å²) in [7, 11) is 1.68. The summed E-state index contributed by atoms with van der Waals surface area (Å²) in [5.41, 5.74) is 5.36. The number of aryl methyl sites for hydroxylation is 1. The molecule has 0 aliphatic rings. The normalized spacial score (nSPS) is 11.6.